The predicted octanol–water partition coefficient (Wildman–Crippen LogP) is 2.57. The minimum atomic E-state index is -0.418. The molecular weight excluding hydrogens is 308 g/mol. The van der Waals surface area contributed by atoms with Crippen molar-refractivity contribution < 1.29 is 14.3 Å². The van der Waals surface area contributed by atoms with Gasteiger partial charge in [0.15, 0.2) is 5.17 Å². The maximum Gasteiger partial charge on any atom is 0.338 e. The number of carbonyl (C=O) groups is 2. The van der Waals surface area contributed by atoms with E-state index in [1.54, 1.807) is 18.7 Å². The second kappa shape index (κ2) is 5.65. The number of amides is 1. The number of fused-ring (bicyclic) bond motifs is 1. The van der Waals surface area contributed by atoms with Crippen LogP contribution in [0.5, 0.6) is 0 Å². The Labute approximate surface area is 130 Å². The van der Waals surface area contributed by atoms with Gasteiger partial charge in [0.1, 0.15) is 6.04 Å². The van der Waals surface area contributed by atoms with Crippen LogP contribution in [0.1, 0.15) is 24.8 Å². The first-order chi connectivity index (χ1) is 10.1. The third-order valence-electron chi connectivity index (χ3n) is 3.29. The smallest absolute Gasteiger partial charge is 0.338 e. The SMILES string of the molecule is CCOC(=O)C1=C(C)N=C2SCC(=O)N2C1c1cccs1. The number of nitrogens with zero attached hydrogens (tertiary/aromatic N) is 2. The normalized spacial score (nSPS) is 21.4. The Balaban J connectivity index is 2.11. The molecule has 21 heavy (non-hydrogen) atoms. The Bertz CT molecular complexity index is 649. The van der Waals surface area contributed by atoms with E-state index in [-0.39, 0.29) is 5.91 Å². The number of esters is 1. The summed E-state index contributed by atoms with van der Waals surface area (Å²) in [6.45, 7) is 3.86. The van der Waals surface area contributed by atoms with E-state index < -0.39 is 12.0 Å². The molecule has 0 saturated carbocycles. The molecule has 0 spiro atoms. The molecule has 1 unspecified atom stereocenters. The number of aliphatic imine (C=N–C) groups is 1. The van der Waals surface area contributed by atoms with Crippen molar-refractivity contribution in [3.8, 4) is 0 Å². The minimum Gasteiger partial charge on any atom is -0.463 e. The number of thiophene rings is 1. The number of amidine groups is 1. The van der Waals surface area contributed by atoms with Gasteiger partial charge >= 0.3 is 5.97 Å². The fraction of sp³-hybridized carbons (Fsp3) is 0.357. The predicted molar refractivity (Wildman–Crippen MR) is 83.1 cm³/mol. The van der Waals surface area contributed by atoms with Crippen LogP contribution in [0.25, 0.3) is 0 Å². The Morgan fingerprint density at radius 1 is 1.57 bits per heavy atom. The highest BCUT2D eigenvalue weighted by atomic mass is 32.2. The lowest BCUT2D eigenvalue weighted by Crippen LogP contribution is -2.39. The summed E-state index contributed by atoms with van der Waals surface area (Å²) in [5.74, 6) is -0.0586. The molecule has 1 fully saturated rings. The van der Waals surface area contributed by atoms with Gasteiger partial charge in [-0.05, 0) is 25.3 Å². The van der Waals surface area contributed by atoms with Crippen molar-refractivity contribution in [3.05, 3.63) is 33.7 Å². The van der Waals surface area contributed by atoms with Gasteiger partial charge in [-0.1, -0.05) is 17.8 Å². The molecule has 0 aliphatic carbocycles. The van der Waals surface area contributed by atoms with Gasteiger partial charge in [0.2, 0.25) is 5.91 Å². The van der Waals surface area contributed by atoms with Crippen LogP contribution in [0.15, 0.2) is 33.8 Å². The van der Waals surface area contributed by atoms with Crippen LogP contribution in [0.2, 0.25) is 0 Å². The first kappa shape index (κ1) is 14.3. The summed E-state index contributed by atoms with van der Waals surface area (Å²) in [5, 5.41) is 2.61. The molecule has 2 aliphatic heterocycles. The van der Waals surface area contributed by atoms with Crippen LogP contribution >= 0.6 is 23.1 Å². The summed E-state index contributed by atoms with van der Waals surface area (Å²) in [4.78, 5) is 31.5. The molecule has 1 amide bonds. The van der Waals surface area contributed by atoms with Crippen molar-refractivity contribution in [2.45, 2.75) is 19.9 Å². The second-order valence-electron chi connectivity index (χ2n) is 4.58. The molecule has 110 valence electrons. The quantitative estimate of drug-likeness (QED) is 0.803. The van der Waals surface area contributed by atoms with Crippen molar-refractivity contribution in [1.82, 2.24) is 4.90 Å². The zero-order valence-electron chi connectivity index (χ0n) is 11.7. The van der Waals surface area contributed by atoms with Crippen molar-refractivity contribution in [3.63, 3.8) is 0 Å². The topological polar surface area (TPSA) is 59.0 Å². The fourth-order valence-corrected chi connectivity index (χ4v) is 4.19. The minimum absolute atomic E-state index is 0.0218. The van der Waals surface area contributed by atoms with Gasteiger partial charge in [-0.3, -0.25) is 9.69 Å². The summed E-state index contributed by atoms with van der Waals surface area (Å²) >= 11 is 2.93. The van der Waals surface area contributed by atoms with Gasteiger partial charge in [0, 0.05) is 4.88 Å². The van der Waals surface area contributed by atoms with Gasteiger partial charge in [-0.15, -0.1) is 11.3 Å². The number of rotatable bonds is 3. The first-order valence-electron chi connectivity index (χ1n) is 6.58. The zero-order valence-corrected chi connectivity index (χ0v) is 13.3. The van der Waals surface area contributed by atoms with E-state index in [9.17, 15) is 9.59 Å². The largest absolute Gasteiger partial charge is 0.463 e. The molecule has 0 radical (unpaired) electrons. The molecule has 0 N–H and O–H groups in total. The number of allylic oxidation sites excluding steroid dienone is 1. The molecule has 0 bridgehead atoms. The van der Waals surface area contributed by atoms with Gasteiger partial charge in [-0.2, -0.15) is 0 Å². The molecule has 0 aromatic carbocycles. The molecule has 1 aromatic heterocycles. The molecule has 1 aromatic rings. The Morgan fingerprint density at radius 3 is 3.05 bits per heavy atom. The lowest BCUT2D eigenvalue weighted by molar-refractivity contribution is -0.139. The van der Waals surface area contributed by atoms with E-state index in [0.29, 0.717) is 28.8 Å². The Hall–Kier alpha value is -1.60. The van der Waals surface area contributed by atoms with E-state index in [4.69, 9.17) is 4.74 Å². The number of hydrogen-bond acceptors (Lipinski definition) is 6. The van der Waals surface area contributed by atoms with Crippen molar-refractivity contribution in [1.29, 1.82) is 0 Å². The van der Waals surface area contributed by atoms with E-state index in [2.05, 4.69) is 4.99 Å². The van der Waals surface area contributed by atoms with E-state index >= 15 is 0 Å². The summed E-state index contributed by atoms with van der Waals surface area (Å²) in [6, 6.07) is 3.43. The lowest BCUT2D eigenvalue weighted by Gasteiger charge is -2.31. The van der Waals surface area contributed by atoms with Crippen LogP contribution in [0.3, 0.4) is 0 Å². The van der Waals surface area contributed by atoms with Gasteiger partial charge in [-0.25, -0.2) is 9.79 Å². The zero-order chi connectivity index (χ0) is 15.0. The first-order valence-corrected chi connectivity index (χ1v) is 8.44. The Morgan fingerprint density at radius 2 is 2.38 bits per heavy atom. The standard InChI is InChI=1S/C14H14N2O3S2/c1-3-19-13(18)11-8(2)15-14-16(10(17)7-21-14)12(11)9-5-4-6-20-9/h4-6,12H,3,7H2,1-2H3. The van der Waals surface area contributed by atoms with E-state index in [0.717, 1.165) is 4.88 Å². The third kappa shape index (κ3) is 2.40. The van der Waals surface area contributed by atoms with Crippen LogP contribution in [0.4, 0.5) is 0 Å². The summed E-state index contributed by atoms with van der Waals surface area (Å²) in [7, 11) is 0. The third-order valence-corrected chi connectivity index (χ3v) is 5.15. The van der Waals surface area contributed by atoms with Crippen molar-refractivity contribution >= 4 is 40.1 Å². The fourth-order valence-electron chi connectivity index (χ4n) is 2.43. The molecule has 1 atom stereocenters. The van der Waals surface area contributed by atoms with Crippen molar-refractivity contribution in [2.75, 3.05) is 12.4 Å². The highest BCUT2D eigenvalue weighted by molar-refractivity contribution is 8.15. The van der Waals surface area contributed by atoms with Crippen LogP contribution in [0, 0.1) is 0 Å². The molecule has 7 heteroatoms. The lowest BCUT2D eigenvalue weighted by atomic mass is 10.0. The molecule has 3 heterocycles. The number of ether oxygens (including phenoxy) is 1. The second-order valence-corrected chi connectivity index (χ2v) is 6.51. The summed E-state index contributed by atoms with van der Waals surface area (Å²) in [6.07, 6.45) is 0. The van der Waals surface area contributed by atoms with Crippen LogP contribution in [-0.4, -0.2) is 34.3 Å². The van der Waals surface area contributed by atoms with Gasteiger partial charge in [0.05, 0.1) is 23.6 Å². The van der Waals surface area contributed by atoms with Gasteiger partial charge in [0.25, 0.3) is 0 Å². The monoisotopic (exact) mass is 322 g/mol. The highest BCUT2D eigenvalue weighted by Gasteiger charge is 2.43. The molecule has 1 saturated heterocycles. The number of carbonyl (C=O) groups excluding carboxylic acids is 2. The molecule has 3 rings (SSSR count). The average molecular weight is 322 g/mol. The Kier molecular flexibility index (Phi) is 3.86. The molecular formula is C14H14N2O3S2. The number of hydrogen-bond donors (Lipinski definition) is 0. The molecule has 2 aliphatic rings. The van der Waals surface area contributed by atoms with E-state index in [1.165, 1.54) is 23.1 Å². The van der Waals surface area contributed by atoms with Crippen LogP contribution in [-0.2, 0) is 14.3 Å². The maximum atomic E-state index is 12.3. The maximum absolute atomic E-state index is 12.3. The van der Waals surface area contributed by atoms with Crippen molar-refractivity contribution in [2.24, 2.45) is 4.99 Å². The van der Waals surface area contributed by atoms with E-state index in [1.807, 2.05) is 17.5 Å². The number of thioether (sulfide) groups is 1. The van der Waals surface area contributed by atoms with Crippen LogP contribution < -0.4 is 0 Å². The van der Waals surface area contributed by atoms with Gasteiger partial charge < -0.3 is 4.74 Å². The highest BCUT2D eigenvalue weighted by Crippen LogP contribution is 2.42. The average Bonchev–Trinajstić information content (AvgIpc) is 3.08. The molecule has 5 nitrogen and oxygen atoms in total. The summed E-state index contributed by atoms with van der Waals surface area (Å²) in [5.41, 5.74) is 1.08. The summed E-state index contributed by atoms with van der Waals surface area (Å²) < 4.78 is 5.16.